The van der Waals surface area contributed by atoms with E-state index in [9.17, 15) is 0 Å². The van der Waals surface area contributed by atoms with Crippen molar-refractivity contribution in [2.24, 2.45) is 56.3 Å². The van der Waals surface area contributed by atoms with E-state index in [0.717, 1.165) is 35.5 Å². The van der Waals surface area contributed by atoms with Crippen LogP contribution in [0, 0.1) is 46.3 Å². The summed E-state index contributed by atoms with van der Waals surface area (Å²) in [6, 6.07) is 0.481. The van der Waals surface area contributed by atoms with Crippen LogP contribution in [0.4, 0.5) is 0 Å². The van der Waals surface area contributed by atoms with Gasteiger partial charge in [0.05, 0.1) is 12.1 Å². The summed E-state index contributed by atoms with van der Waals surface area (Å²) in [5.74, 6) is 6.47. The second kappa shape index (κ2) is 6.13. The van der Waals surface area contributed by atoms with Crippen LogP contribution in [0.2, 0.25) is 0 Å². The van der Waals surface area contributed by atoms with Crippen molar-refractivity contribution in [1.29, 1.82) is 0 Å². The minimum absolute atomic E-state index is 0.132. The Morgan fingerprint density at radius 2 is 0.933 bits per heavy atom. The van der Waals surface area contributed by atoms with E-state index in [0.29, 0.717) is 25.0 Å². The van der Waals surface area contributed by atoms with Crippen LogP contribution in [-0.4, -0.2) is 37.1 Å². The molecule has 0 radical (unpaired) electrons. The van der Waals surface area contributed by atoms with Crippen molar-refractivity contribution in [1.82, 2.24) is 0 Å². The van der Waals surface area contributed by atoms with Crippen molar-refractivity contribution in [3.8, 4) is 0 Å². The van der Waals surface area contributed by atoms with E-state index in [-0.39, 0.29) is 22.9 Å². The molecule has 7 aliphatic rings. The lowest BCUT2D eigenvalue weighted by Gasteiger charge is -2.49. The van der Waals surface area contributed by atoms with Gasteiger partial charge in [-0.25, -0.2) is 9.98 Å². The van der Waals surface area contributed by atoms with Crippen LogP contribution in [0.1, 0.15) is 67.2 Å². The fourth-order valence-corrected chi connectivity index (χ4v) is 7.71. The van der Waals surface area contributed by atoms with E-state index in [1.54, 1.807) is 0 Å². The first-order valence-corrected chi connectivity index (χ1v) is 12.3. The molecule has 2 heterocycles. The monoisotopic (exact) mass is 410 g/mol. The first-order chi connectivity index (χ1) is 14.1. The number of ether oxygens (including phenoxy) is 2. The van der Waals surface area contributed by atoms with E-state index in [1.165, 1.54) is 36.8 Å². The summed E-state index contributed by atoms with van der Waals surface area (Å²) in [4.78, 5) is 10.4. The average Bonchev–Trinajstić information content (AvgIpc) is 3.39. The third-order valence-electron chi connectivity index (χ3n) is 9.33. The van der Waals surface area contributed by atoms with Crippen LogP contribution in [-0.2, 0) is 9.47 Å². The van der Waals surface area contributed by atoms with Crippen molar-refractivity contribution in [2.45, 2.75) is 79.3 Å². The Kier molecular flexibility index (Phi) is 3.96. The molecule has 30 heavy (non-hydrogen) atoms. The highest BCUT2D eigenvalue weighted by Crippen LogP contribution is 2.69. The maximum absolute atomic E-state index is 6.37. The maximum Gasteiger partial charge on any atom is 0.213 e. The molecule has 4 nitrogen and oxygen atoms in total. The van der Waals surface area contributed by atoms with Crippen molar-refractivity contribution in [3.63, 3.8) is 0 Å². The second-order valence-corrected chi connectivity index (χ2v) is 12.9. The summed E-state index contributed by atoms with van der Waals surface area (Å²) in [6.07, 6.45) is 5.60. The molecule has 4 heteroatoms. The van der Waals surface area contributed by atoms with Gasteiger partial charge in [0.2, 0.25) is 11.8 Å². The second-order valence-electron chi connectivity index (χ2n) is 12.9. The largest absolute Gasteiger partial charge is 0.475 e. The van der Waals surface area contributed by atoms with Crippen molar-refractivity contribution < 1.29 is 9.47 Å². The molecule has 4 unspecified atom stereocenters. The number of rotatable bonds is 2. The molecule has 3 saturated carbocycles. The van der Waals surface area contributed by atoms with Gasteiger partial charge < -0.3 is 9.47 Å². The van der Waals surface area contributed by atoms with Gasteiger partial charge in [-0.05, 0) is 72.0 Å². The van der Waals surface area contributed by atoms with E-state index < -0.39 is 0 Å². The fraction of sp³-hybridized carbons (Fsp3) is 0.846. The first kappa shape index (κ1) is 19.4. The van der Waals surface area contributed by atoms with Gasteiger partial charge in [-0.1, -0.05) is 41.5 Å². The number of nitrogens with zero attached hydrogens (tertiary/aromatic N) is 2. The first-order valence-electron chi connectivity index (χ1n) is 12.3. The maximum atomic E-state index is 6.37. The molecule has 0 aromatic rings. The normalized spacial score (nSPS) is 44.3. The minimum Gasteiger partial charge on any atom is -0.475 e. The van der Waals surface area contributed by atoms with E-state index >= 15 is 0 Å². The van der Waals surface area contributed by atoms with Gasteiger partial charge >= 0.3 is 0 Å². The summed E-state index contributed by atoms with van der Waals surface area (Å²) in [5.41, 5.74) is 3.10. The topological polar surface area (TPSA) is 43.2 Å². The molecule has 2 aliphatic heterocycles. The minimum atomic E-state index is 0.132. The van der Waals surface area contributed by atoms with Gasteiger partial charge in [0.25, 0.3) is 0 Å². The Morgan fingerprint density at radius 3 is 1.20 bits per heavy atom. The van der Waals surface area contributed by atoms with Gasteiger partial charge in [-0.2, -0.15) is 0 Å². The number of hydrogen-bond donors (Lipinski definition) is 0. The van der Waals surface area contributed by atoms with Gasteiger partial charge in [0.1, 0.15) is 13.2 Å². The lowest BCUT2D eigenvalue weighted by atomic mass is 9.55. The standard InChI is InChI=1S/C26H38N2O2/c1-25(2,3)17-11-29-23(27-17)21-19-13-7-8-14(19)16-10-9-15(13)20(16)22(21)24-28-18(12-30-24)26(4,5)6/h13-20H,7-12H2,1-6H3/t13?,14?,15?,16?,17-,18-,19?,20?/m1/s1. The highest BCUT2D eigenvalue weighted by molar-refractivity contribution is 6.07. The molecule has 0 aromatic heterocycles. The summed E-state index contributed by atoms with van der Waals surface area (Å²) < 4.78 is 12.7. The molecule has 3 fully saturated rings. The van der Waals surface area contributed by atoms with Crippen LogP contribution in [0.25, 0.3) is 0 Å². The molecule has 6 bridgehead atoms. The lowest BCUT2D eigenvalue weighted by Crippen LogP contribution is -2.47. The zero-order chi connectivity index (χ0) is 21.0. The highest BCUT2D eigenvalue weighted by Gasteiger charge is 2.64. The number of hydrogen-bond acceptors (Lipinski definition) is 4. The Labute approximate surface area is 181 Å². The van der Waals surface area contributed by atoms with Crippen LogP contribution in [0.5, 0.6) is 0 Å². The van der Waals surface area contributed by atoms with Gasteiger partial charge in [-0.3, -0.25) is 0 Å². The van der Waals surface area contributed by atoms with E-state index in [1.807, 2.05) is 0 Å². The molecule has 0 saturated heterocycles. The summed E-state index contributed by atoms with van der Waals surface area (Å²) >= 11 is 0. The molecule has 6 atom stereocenters. The van der Waals surface area contributed by atoms with Crippen LogP contribution >= 0.6 is 0 Å². The van der Waals surface area contributed by atoms with Crippen LogP contribution in [0.15, 0.2) is 21.1 Å². The van der Waals surface area contributed by atoms with Crippen LogP contribution in [0.3, 0.4) is 0 Å². The molecule has 0 aromatic carbocycles. The van der Waals surface area contributed by atoms with Crippen molar-refractivity contribution >= 4 is 11.8 Å². The Balaban J connectivity index is 1.49. The fourth-order valence-electron chi connectivity index (χ4n) is 7.71. The zero-order valence-corrected chi connectivity index (χ0v) is 19.6. The SMILES string of the molecule is CC(C)(C)[C@H]1COC(C2=C(C3=N[C@@H](C(C)(C)C)CO3)C3C4CCC3C3CCC4C23)=N1. The van der Waals surface area contributed by atoms with Crippen molar-refractivity contribution in [2.75, 3.05) is 13.2 Å². The Bertz CT molecular complexity index is 765. The lowest BCUT2D eigenvalue weighted by molar-refractivity contribution is 0.0968. The van der Waals surface area contributed by atoms with Gasteiger partial charge in [-0.15, -0.1) is 0 Å². The predicted octanol–water partition coefficient (Wildman–Crippen LogP) is 5.28. The zero-order valence-electron chi connectivity index (χ0n) is 19.6. The van der Waals surface area contributed by atoms with Gasteiger partial charge in [0.15, 0.2) is 0 Å². The molecule has 7 rings (SSSR count). The van der Waals surface area contributed by atoms with Crippen LogP contribution < -0.4 is 0 Å². The highest BCUT2D eigenvalue weighted by atomic mass is 16.5. The van der Waals surface area contributed by atoms with Gasteiger partial charge in [0, 0.05) is 11.1 Å². The third kappa shape index (κ3) is 2.57. The molecule has 164 valence electrons. The molecule has 0 N–H and O–H groups in total. The Hall–Kier alpha value is -1.32. The average molecular weight is 411 g/mol. The smallest absolute Gasteiger partial charge is 0.213 e. The summed E-state index contributed by atoms with van der Waals surface area (Å²) in [5, 5.41) is 0. The predicted molar refractivity (Wildman–Crippen MR) is 120 cm³/mol. The molecular weight excluding hydrogens is 372 g/mol. The van der Waals surface area contributed by atoms with E-state index in [2.05, 4.69) is 41.5 Å². The Morgan fingerprint density at radius 1 is 0.600 bits per heavy atom. The molecule has 0 amide bonds. The quantitative estimate of drug-likeness (QED) is 0.621. The summed E-state index contributed by atoms with van der Waals surface area (Å²) in [6.45, 7) is 15.1. The third-order valence-corrected chi connectivity index (χ3v) is 9.33. The molecule has 0 spiro atoms. The number of aliphatic imine (C=N–C) groups is 2. The molecule has 5 aliphatic carbocycles. The van der Waals surface area contributed by atoms with E-state index in [4.69, 9.17) is 19.5 Å². The summed E-state index contributed by atoms with van der Waals surface area (Å²) in [7, 11) is 0. The molecular formula is C26H38N2O2. The van der Waals surface area contributed by atoms with Crippen molar-refractivity contribution in [3.05, 3.63) is 11.1 Å².